The summed E-state index contributed by atoms with van der Waals surface area (Å²) in [5, 5.41) is 0. The molecule has 2 rings (SSSR count). The Morgan fingerprint density at radius 1 is 1.41 bits per heavy atom. The number of nitrogens with zero attached hydrogens (tertiary/aromatic N) is 1. The summed E-state index contributed by atoms with van der Waals surface area (Å²) in [7, 11) is 0. The van der Waals surface area contributed by atoms with Crippen LogP contribution in [0.2, 0.25) is 0 Å². The number of nitrogen functional groups attached to an aromatic ring is 1. The molecule has 3 heteroatoms. The van der Waals surface area contributed by atoms with Crippen molar-refractivity contribution in [3.63, 3.8) is 0 Å². The van der Waals surface area contributed by atoms with Gasteiger partial charge in [-0.2, -0.15) is 0 Å². The molecule has 1 heterocycles. The fraction of sp³-hybridized carbons (Fsp3) is 0.571. The van der Waals surface area contributed by atoms with Gasteiger partial charge in [-0.3, -0.25) is 4.90 Å². The Hall–Kier alpha value is -1.09. The average molecular weight is 236 g/mol. The highest BCUT2D eigenvalue weighted by Gasteiger charge is 2.22. The highest BCUT2D eigenvalue weighted by atomic mass is 19.1. The van der Waals surface area contributed by atoms with Crippen LogP contribution in [0.25, 0.3) is 0 Å². The van der Waals surface area contributed by atoms with Crippen molar-refractivity contribution in [2.45, 2.75) is 39.3 Å². The summed E-state index contributed by atoms with van der Waals surface area (Å²) in [6.07, 6.45) is 2.47. The number of hydrogen-bond donors (Lipinski definition) is 1. The maximum Gasteiger partial charge on any atom is 0.146 e. The van der Waals surface area contributed by atoms with Gasteiger partial charge in [0.25, 0.3) is 0 Å². The van der Waals surface area contributed by atoms with Gasteiger partial charge in [-0.05, 0) is 49.9 Å². The number of hydrogen-bond acceptors (Lipinski definition) is 2. The van der Waals surface area contributed by atoms with Crippen LogP contribution in [-0.4, -0.2) is 17.5 Å². The first-order valence-corrected chi connectivity index (χ1v) is 6.34. The Morgan fingerprint density at radius 2 is 2.18 bits per heavy atom. The van der Waals surface area contributed by atoms with Gasteiger partial charge in [0.15, 0.2) is 0 Å². The smallest absolute Gasteiger partial charge is 0.146 e. The third-order valence-corrected chi connectivity index (χ3v) is 3.73. The Balaban J connectivity index is 2.02. The van der Waals surface area contributed by atoms with Crippen LogP contribution < -0.4 is 5.73 Å². The van der Waals surface area contributed by atoms with Gasteiger partial charge in [-0.15, -0.1) is 0 Å². The van der Waals surface area contributed by atoms with E-state index in [2.05, 4.69) is 18.7 Å². The highest BCUT2D eigenvalue weighted by Crippen LogP contribution is 2.24. The summed E-state index contributed by atoms with van der Waals surface area (Å²) >= 11 is 0. The second-order valence-corrected chi connectivity index (χ2v) is 5.30. The van der Waals surface area contributed by atoms with Crippen molar-refractivity contribution < 1.29 is 4.39 Å². The Kier molecular flexibility index (Phi) is 3.67. The summed E-state index contributed by atoms with van der Waals surface area (Å²) in [4.78, 5) is 2.42. The molecule has 1 saturated heterocycles. The van der Waals surface area contributed by atoms with Gasteiger partial charge < -0.3 is 5.73 Å². The Labute approximate surface area is 103 Å². The molecule has 0 spiro atoms. The molecule has 0 amide bonds. The van der Waals surface area contributed by atoms with Crippen molar-refractivity contribution in [2.24, 2.45) is 5.92 Å². The lowest BCUT2D eigenvalue weighted by Crippen LogP contribution is -2.39. The fourth-order valence-electron chi connectivity index (χ4n) is 2.59. The molecule has 17 heavy (non-hydrogen) atoms. The molecule has 2 nitrogen and oxygen atoms in total. The Morgan fingerprint density at radius 3 is 2.82 bits per heavy atom. The molecule has 0 aliphatic carbocycles. The highest BCUT2D eigenvalue weighted by molar-refractivity contribution is 5.41. The molecule has 1 aliphatic rings. The predicted octanol–water partition coefficient (Wildman–Crippen LogP) is 3.03. The average Bonchev–Trinajstić information content (AvgIpc) is 2.27. The summed E-state index contributed by atoms with van der Waals surface area (Å²) < 4.78 is 13.3. The SMILES string of the molecule is CC1CCN(Cc2ccc(N)c(F)c2)C(C)C1. The number of likely N-dealkylation sites (tertiary alicyclic amines) is 1. The molecule has 2 unspecified atom stereocenters. The van der Waals surface area contributed by atoms with E-state index in [1.165, 1.54) is 12.8 Å². The van der Waals surface area contributed by atoms with Crippen molar-refractivity contribution in [2.75, 3.05) is 12.3 Å². The minimum atomic E-state index is -0.305. The van der Waals surface area contributed by atoms with Crippen LogP contribution in [0.5, 0.6) is 0 Å². The number of halogens is 1. The van der Waals surface area contributed by atoms with E-state index in [9.17, 15) is 4.39 Å². The zero-order chi connectivity index (χ0) is 12.4. The van der Waals surface area contributed by atoms with Crippen LogP contribution >= 0.6 is 0 Å². The van der Waals surface area contributed by atoms with Crippen molar-refractivity contribution in [3.05, 3.63) is 29.6 Å². The lowest BCUT2D eigenvalue weighted by molar-refractivity contribution is 0.122. The molecule has 1 aromatic carbocycles. The summed E-state index contributed by atoms with van der Waals surface area (Å²) in [5.41, 5.74) is 6.72. The zero-order valence-electron chi connectivity index (χ0n) is 10.6. The van der Waals surface area contributed by atoms with Crippen LogP contribution in [0, 0.1) is 11.7 Å². The molecule has 2 atom stereocenters. The monoisotopic (exact) mass is 236 g/mol. The number of nitrogens with two attached hydrogens (primary N) is 1. The van der Waals surface area contributed by atoms with Gasteiger partial charge in [0.1, 0.15) is 5.82 Å². The normalized spacial score (nSPS) is 26.1. The minimum Gasteiger partial charge on any atom is -0.396 e. The molecular weight excluding hydrogens is 215 g/mol. The topological polar surface area (TPSA) is 29.3 Å². The fourth-order valence-corrected chi connectivity index (χ4v) is 2.59. The molecule has 94 valence electrons. The summed E-state index contributed by atoms with van der Waals surface area (Å²) in [5.74, 6) is 0.505. The predicted molar refractivity (Wildman–Crippen MR) is 69.1 cm³/mol. The van der Waals surface area contributed by atoms with E-state index < -0.39 is 0 Å². The van der Waals surface area contributed by atoms with Gasteiger partial charge in [0, 0.05) is 12.6 Å². The van der Waals surface area contributed by atoms with Crippen LogP contribution in [0.15, 0.2) is 18.2 Å². The molecular formula is C14H21FN2. The third-order valence-electron chi connectivity index (χ3n) is 3.73. The first kappa shape index (κ1) is 12.4. The lowest BCUT2D eigenvalue weighted by atomic mass is 9.93. The molecule has 1 fully saturated rings. The number of piperidine rings is 1. The van der Waals surface area contributed by atoms with Gasteiger partial charge in [0.05, 0.1) is 5.69 Å². The molecule has 2 N–H and O–H groups in total. The van der Waals surface area contributed by atoms with Gasteiger partial charge in [-0.1, -0.05) is 13.0 Å². The van der Waals surface area contributed by atoms with Gasteiger partial charge >= 0.3 is 0 Å². The maximum atomic E-state index is 13.3. The first-order valence-electron chi connectivity index (χ1n) is 6.34. The van der Waals surface area contributed by atoms with Crippen molar-refractivity contribution in [3.8, 4) is 0 Å². The number of anilines is 1. The van der Waals surface area contributed by atoms with Gasteiger partial charge in [-0.25, -0.2) is 4.39 Å². The van der Waals surface area contributed by atoms with E-state index in [-0.39, 0.29) is 11.5 Å². The van der Waals surface area contributed by atoms with E-state index in [1.807, 2.05) is 6.07 Å². The molecule has 1 aliphatic heterocycles. The lowest BCUT2D eigenvalue weighted by Gasteiger charge is -2.36. The first-order chi connectivity index (χ1) is 8.06. The quantitative estimate of drug-likeness (QED) is 0.800. The standard InChI is InChI=1S/C14H21FN2/c1-10-5-6-17(11(2)7-10)9-12-3-4-14(16)13(15)8-12/h3-4,8,10-11H,5-7,9,16H2,1-2H3. The van der Waals surface area contributed by atoms with Crippen LogP contribution in [0.3, 0.4) is 0 Å². The Bertz CT molecular complexity index is 392. The third kappa shape index (κ3) is 2.97. The van der Waals surface area contributed by atoms with Crippen LogP contribution in [0.1, 0.15) is 32.3 Å². The van der Waals surface area contributed by atoms with Crippen molar-refractivity contribution >= 4 is 5.69 Å². The van der Waals surface area contributed by atoms with E-state index in [4.69, 9.17) is 5.73 Å². The molecule has 1 aromatic rings. The maximum absolute atomic E-state index is 13.3. The summed E-state index contributed by atoms with van der Waals surface area (Å²) in [6, 6.07) is 5.71. The molecule has 0 aromatic heterocycles. The van der Waals surface area contributed by atoms with Crippen LogP contribution in [-0.2, 0) is 6.54 Å². The number of rotatable bonds is 2. The molecule has 0 saturated carbocycles. The second kappa shape index (κ2) is 5.05. The number of benzene rings is 1. The van der Waals surface area contributed by atoms with E-state index >= 15 is 0 Å². The van der Waals surface area contributed by atoms with Crippen molar-refractivity contribution in [1.29, 1.82) is 0 Å². The van der Waals surface area contributed by atoms with E-state index in [1.54, 1.807) is 12.1 Å². The second-order valence-electron chi connectivity index (χ2n) is 5.30. The molecule has 0 bridgehead atoms. The van der Waals surface area contributed by atoms with Crippen LogP contribution in [0.4, 0.5) is 10.1 Å². The van der Waals surface area contributed by atoms with Gasteiger partial charge in [0.2, 0.25) is 0 Å². The van der Waals surface area contributed by atoms with E-state index in [0.717, 1.165) is 24.6 Å². The zero-order valence-corrected chi connectivity index (χ0v) is 10.6. The minimum absolute atomic E-state index is 0.231. The van der Waals surface area contributed by atoms with Crippen molar-refractivity contribution in [1.82, 2.24) is 4.90 Å². The largest absolute Gasteiger partial charge is 0.396 e. The summed E-state index contributed by atoms with van der Waals surface area (Å²) in [6.45, 7) is 6.49. The van der Waals surface area contributed by atoms with E-state index in [0.29, 0.717) is 6.04 Å². The molecule has 0 radical (unpaired) electrons.